The van der Waals surface area contributed by atoms with Gasteiger partial charge < -0.3 is 14.7 Å². The van der Waals surface area contributed by atoms with Gasteiger partial charge in [-0.3, -0.25) is 9.56 Å². The van der Waals surface area contributed by atoms with E-state index >= 15 is 0 Å². The van der Waals surface area contributed by atoms with Crippen LogP contribution in [0.5, 0.6) is 0 Å². The summed E-state index contributed by atoms with van der Waals surface area (Å²) in [6.45, 7) is 1.91. The molecule has 0 bridgehead atoms. The lowest BCUT2D eigenvalue weighted by Crippen LogP contribution is -2.23. The predicted octanol–water partition coefficient (Wildman–Crippen LogP) is -0.492. The van der Waals surface area contributed by atoms with Crippen molar-refractivity contribution in [3.63, 3.8) is 0 Å². The molecule has 0 aliphatic carbocycles. The molecule has 0 aromatic carbocycles. The molecule has 1 rings (SSSR count). The number of aliphatic imine (C=N–C) groups is 1. The molecule has 1 aliphatic heterocycles. The topological polar surface area (TPSA) is 73.1 Å². The van der Waals surface area contributed by atoms with Crippen LogP contribution in [0.25, 0.3) is 0 Å². The second-order valence-corrected chi connectivity index (χ2v) is 4.22. The molecule has 2 N–H and O–H groups in total. The Morgan fingerprint density at radius 3 is 2.82 bits per heavy atom. The lowest BCUT2D eigenvalue weighted by atomic mass is 10.6. The molecule has 5 nitrogen and oxygen atoms in total. The molecule has 0 atom stereocenters. The molecule has 0 aromatic heterocycles. The fourth-order valence-electron chi connectivity index (χ4n) is 0.845. The molecule has 1 aliphatic rings. The van der Waals surface area contributed by atoms with Crippen molar-refractivity contribution < 1.29 is 14.4 Å². The Kier molecular flexibility index (Phi) is 2.65. The third-order valence-corrected chi connectivity index (χ3v) is 2.22. The fourth-order valence-corrected chi connectivity index (χ4v) is 1.36. The summed E-state index contributed by atoms with van der Waals surface area (Å²) < 4.78 is 10.4. The highest BCUT2D eigenvalue weighted by Crippen LogP contribution is 2.33. The minimum Gasteiger partial charge on any atom is -0.360 e. The first-order valence-corrected chi connectivity index (χ1v) is 5.16. The smallest absolute Gasteiger partial charge is 0.327 e. The number of hydrogen-bond donors (Lipinski definition) is 2. The molecule has 0 aromatic rings. The van der Waals surface area contributed by atoms with Gasteiger partial charge in [0.1, 0.15) is 0 Å². The lowest BCUT2D eigenvalue weighted by Gasteiger charge is -2.13. The third-order valence-electron chi connectivity index (χ3n) is 1.44. The molecule has 0 unspecified atom stereocenters. The Morgan fingerprint density at radius 2 is 2.36 bits per heavy atom. The van der Waals surface area contributed by atoms with Crippen molar-refractivity contribution in [2.24, 2.45) is 4.99 Å². The van der Waals surface area contributed by atoms with Gasteiger partial charge in [0.25, 0.3) is 0 Å². The van der Waals surface area contributed by atoms with Crippen LogP contribution in [0.15, 0.2) is 4.99 Å². The largest absolute Gasteiger partial charge is 0.360 e. The summed E-state index contributed by atoms with van der Waals surface area (Å²) in [6, 6.07) is 0. The molecule has 0 fully saturated rings. The zero-order valence-electron chi connectivity index (χ0n) is 6.05. The summed E-state index contributed by atoms with van der Waals surface area (Å²) >= 11 is 0. The van der Waals surface area contributed by atoms with E-state index < -0.39 is 7.60 Å². The molecule has 6 heteroatoms. The maximum Gasteiger partial charge on any atom is 0.327 e. The minimum absolute atomic E-state index is 0.0843. The van der Waals surface area contributed by atoms with Gasteiger partial charge in [-0.1, -0.05) is 0 Å². The fraction of sp³-hybridized carbons (Fsp3) is 0.800. The first kappa shape index (κ1) is 8.71. The second kappa shape index (κ2) is 3.34. The highest BCUT2D eigenvalue weighted by molar-refractivity contribution is 7.51. The predicted molar refractivity (Wildman–Crippen MR) is 41.8 cm³/mol. The maximum absolute atomic E-state index is 10.4. The number of nitrogens with zero attached hydrogens (tertiary/aromatic N) is 2. The van der Waals surface area contributed by atoms with Gasteiger partial charge >= 0.3 is 7.60 Å². The van der Waals surface area contributed by atoms with Crippen LogP contribution in [-0.4, -0.2) is 46.8 Å². The quantitative estimate of drug-likeness (QED) is 0.572. The summed E-state index contributed by atoms with van der Waals surface area (Å²) in [4.78, 5) is 22.8. The average molecular weight is 178 g/mol. The van der Waals surface area contributed by atoms with Gasteiger partial charge in [-0.2, -0.15) is 0 Å². The molecule has 0 amide bonds. The van der Waals surface area contributed by atoms with Crippen LogP contribution < -0.4 is 0 Å². The maximum atomic E-state index is 10.4. The van der Waals surface area contributed by atoms with Crippen molar-refractivity contribution in [3.05, 3.63) is 0 Å². The first-order valence-electron chi connectivity index (χ1n) is 3.36. The minimum atomic E-state index is -3.82. The third kappa shape index (κ3) is 3.51. The van der Waals surface area contributed by atoms with Gasteiger partial charge in [0.2, 0.25) is 0 Å². The van der Waals surface area contributed by atoms with Gasteiger partial charge in [0.15, 0.2) is 0 Å². The Labute approximate surface area is 64.9 Å². The SMILES string of the molecule is O=P(O)(O)CCN1C=NCC1. The van der Waals surface area contributed by atoms with Crippen molar-refractivity contribution in [1.82, 2.24) is 4.90 Å². The van der Waals surface area contributed by atoms with E-state index in [0.717, 1.165) is 13.1 Å². The highest BCUT2D eigenvalue weighted by Gasteiger charge is 2.15. The van der Waals surface area contributed by atoms with E-state index in [1.165, 1.54) is 0 Å². The van der Waals surface area contributed by atoms with Crippen LogP contribution in [0.2, 0.25) is 0 Å². The molecule has 0 spiro atoms. The van der Waals surface area contributed by atoms with Gasteiger partial charge in [-0.25, -0.2) is 0 Å². The molecule has 64 valence electrons. The molecule has 0 radical (unpaired) electrons. The average Bonchev–Trinajstić information content (AvgIpc) is 2.32. The van der Waals surface area contributed by atoms with Crippen LogP contribution in [0.4, 0.5) is 0 Å². The van der Waals surface area contributed by atoms with E-state index in [-0.39, 0.29) is 6.16 Å². The van der Waals surface area contributed by atoms with Crippen LogP contribution in [0.3, 0.4) is 0 Å². The number of hydrogen-bond acceptors (Lipinski definition) is 3. The van der Waals surface area contributed by atoms with Gasteiger partial charge in [0.05, 0.1) is 19.0 Å². The molecular formula is C5H11N2O3P. The molecular weight excluding hydrogens is 167 g/mol. The monoisotopic (exact) mass is 178 g/mol. The van der Waals surface area contributed by atoms with E-state index in [1.54, 1.807) is 11.2 Å². The molecule has 0 saturated carbocycles. The summed E-state index contributed by atoms with van der Waals surface area (Å²) in [5, 5.41) is 0. The van der Waals surface area contributed by atoms with Crippen LogP contribution in [0, 0.1) is 0 Å². The first-order chi connectivity index (χ1) is 5.08. The zero-order chi connectivity index (χ0) is 8.32. The summed E-state index contributed by atoms with van der Waals surface area (Å²) in [7, 11) is -3.82. The van der Waals surface area contributed by atoms with Gasteiger partial charge in [-0.05, 0) is 0 Å². The van der Waals surface area contributed by atoms with Crippen LogP contribution in [-0.2, 0) is 4.57 Å². The van der Waals surface area contributed by atoms with E-state index in [9.17, 15) is 4.57 Å². The lowest BCUT2D eigenvalue weighted by molar-refractivity contribution is 0.364. The van der Waals surface area contributed by atoms with Crippen molar-refractivity contribution in [1.29, 1.82) is 0 Å². The van der Waals surface area contributed by atoms with E-state index in [1.807, 2.05) is 0 Å². The molecule has 11 heavy (non-hydrogen) atoms. The van der Waals surface area contributed by atoms with Gasteiger partial charge in [0, 0.05) is 13.1 Å². The van der Waals surface area contributed by atoms with Gasteiger partial charge in [-0.15, -0.1) is 0 Å². The summed E-state index contributed by atoms with van der Waals surface area (Å²) in [6.07, 6.45) is 1.55. The Balaban J connectivity index is 2.22. The van der Waals surface area contributed by atoms with E-state index in [2.05, 4.69) is 4.99 Å². The van der Waals surface area contributed by atoms with Crippen molar-refractivity contribution in [2.75, 3.05) is 25.8 Å². The van der Waals surface area contributed by atoms with E-state index in [4.69, 9.17) is 9.79 Å². The van der Waals surface area contributed by atoms with E-state index in [0.29, 0.717) is 6.54 Å². The normalized spacial score (nSPS) is 17.8. The number of rotatable bonds is 3. The van der Waals surface area contributed by atoms with Crippen LogP contribution >= 0.6 is 7.60 Å². The Bertz CT molecular complexity index is 200. The molecule has 0 saturated heterocycles. The van der Waals surface area contributed by atoms with Crippen molar-refractivity contribution >= 4 is 13.9 Å². The van der Waals surface area contributed by atoms with Crippen LogP contribution in [0.1, 0.15) is 0 Å². The summed E-state index contributed by atoms with van der Waals surface area (Å²) in [5.74, 6) is 0. The Hall–Kier alpha value is -0.380. The highest BCUT2D eigenvalue weighted by atomic mass is 31.2. The Morgan fingerprint density at radius 1 is 1.64 bits per heavy atom. The second-order valence-electron chi connectivity index (χ2n) is 2.45. The van der Waals surface area contributed by atoms with Crippen molar-refractivity contribution in [2.45, 2.75) is 0 Å². The summed E-state index contributed by atoms with van der Waals surface area (Å²) in [5.41, 5.74) is 0. The van der Waals surface area contributed by atoms with Crippen molar-refractivity contribution in [3.8, 4) is 0 Å². The molecule has 1 heterocycles. The zero-order valence-corrected chi connectivity index (χ0v) is 6.94. The standard InChI is InChI=1S/C5H11N2O3P/c8-11(9,10)4-3-7-2-1-6-5-7/h5H,1-4H2,(H2,8,9,10).